The largest absolute Gasteiger partial charge is 0.388 e. The highest BCUT2D eigenvalue weighted by atomic mass is 16.6. The zero-order valence-electron chi connectivity index (χ0n) is 15.7. The molecule has 28 heavy (non-hydrogen) atoms. The van der Waals surface area contributed by atoms with Gasteiger partial charge in [-0.1, -0.05) is 0 Å². The Bertz CT molecular complexity index is 894. The van der Waals surface area contributed by atoms with Gasteiger partial charge in [-0.05, 0) is 18.2 Å². The number of aryl methyl sites for hydroxylation is 1. The highest BCUT2D eigenvalue weighted by Crippen LogP contribution is 2.27. The number of ether oxygens (including phenoxy) is 3. The van der Waals surface area contributed by atoms with E-state index < -0.39 is 6.10 Å². The Labute approximate surface area is 162 Å². The molecule has 1 aromatic carbocycles. The molecule has 0 bridgehead atoms. The predicted octanol–water partition coefficient (Wildman–Crippen LogP) is -0.333. The second-order valence-corrected chi connectivity index (χ2v) is 7.52. The van der Waals surface area contributed by atoms with Crippen LogP contribution >= 0.6 is 0 Å². The van der Waals surface area contributed by atoms with Crippen molar-refractivity contribution >= 4 is 22.9 Å². The molecule has 2 aromatic rings. The molecule has 4 heterocycles. The standard InChI is InChI=1S/C19H24N4O5/c1-22-14-3-2-11(8-12(14)21-19(22)23-4-6-26-7-5-23)18(25)20-13-9-27-17-15(24)10-28-16(13)17/h2-3,8,13,15-17,24H,4-7,9-10H2,1H3,(H,20,25)/t13-,15-,16-,17-/m1/s1. The molecule has 9 nitrogen and oxygen atoms in total. The van der Waals surface area contributed by atoms with Gasteiger partial charge in [-0.15, -0.1) is 0 Å². The number of amides is 1. The van der Waals surface area contributed by atoms with E-state index in [1.807, 2.05) is 23.7 Å². The zero-order chi connectivity index (χ0) is 19.3. The van der Waals surface area contributed by atoms with Gasteiger partial charge in [-0.25, -0.2) is 4.98 Å². The van der Waals surface area contributed by atoms with Gasteiger partial charge in [0.25, 0.3) is 5.91 Å². The summed E-state index contributed by atoms with van der Waals surface area (Å²) in [5, 5.41) is 12.8. The molecule has 0 saturated carbocycles. The Morgan fingerprint density at radius 2 is 2.00 bits per heavy atom. The van der Waals surface area contributed by atoms with Crippen LogP contribution in [0.15, 0.2) is 18.2 Å². The monoisotopic (exact) mass is 388 g/mol. The van der Waals surface area contributed by atoms with Crippen molar-refractivity contribution in [3.63, 3.8) is 0 Å². The molecule has 0 spiro atoms. The quantitative estimate of drug-likeness (QED) is 0.743. The van der Waals surface area contributed by atoms with Crippen LogP contribution in [0.2, 0.25) is 0 Å². The van der Waals surface area contributed by atoms with Gasteiger partial charge in [-0.2, -0.15) is 0 Å². The fourth-order valence-electron chi connectivity index (χ4n) is 4.23. The highest BCUT2D eigenvalue weighted by molar-refractivity contribution is 5.98. The van der Waals surface area contributed by atoms with E-state index in [1.54, 1.807) is 6.07 Å². The summed E-state index contributed by atoms with van der Waals surface area (Å²) < 4.78 is 18.6. The van der Waals surface area contributed by atoms with E-state index in [9.17, 15) is 9.90 Å². The maximum atomic E-state index is 12.8. The summed E-state index contributed by atoms with van der Waals surface area (Å²) in [7, 11) is 1.98. The second kappa shape index (κ2) is 7.00. The minimum Gasteiger partial charge on any atom is -0.388 e. The topological polar surface area (TPSA) is 98.1 Å². The first-order valence-electron chi connectivity index (χ1n) is 9.63. The maximum absolute atomic E-state index is 12.8. The van der Waals surface area contributed by atoms with Crippen molar-refractivity contribution in [1.82, 2.24) is 14.9 Å². The van der Waals surface area contributed by atoms with Crippen LogP contribution in [0.5, 0.6) is 0 Å². The van der Waals surface area contributed by atoms with Gasteiger partial charge in [0.2, 0.25) is 5.95 Å². The summed E-state index contributed by atoms with van der Waals surface area (Å²) >= 11 is 0. The van der Waals surface area contributed by atoms with Crippen molar-refractivity contribution in [2.45, 2.75) is 24.4 Å². The van der Waals surface area contributed by atoms with E-state index in [0.29, 0.717) is 25.4 Å². The van der Waals surface area contributed by atoms with E-state index >= 15 is 0 Å². The van der Waals surface area contributed by atoms with Gasteiger partial charge >= 0.3 is 0 Å². The molecule has 3 aliphatic rings. The zero-order valence-corrected chi connectivity index (χ0v) is 15.7. The normalized spacial score (nSPS) is 30.0. The summed E-state index contributed by atoms with van der Waals surface area (Å²) in [6.07, 6.45) is -1.29. The number of aliphatic hydroxyl groups is 1. The number of nitrogens with zero attached hydrogens (tertiary/aromatic N) is 3. The van der Waals surface area contributed by atoms with Crippen molar-refractivity contribution < 1.29 is 24.1 Å². The van der Waals surface area contributed by atoms with E-state index in [1.165, 1.54) is 0 Å². The molecular weight excluding hydrogens is 364 g/mol. The molecular formula is C19H24N4O5. The summed E-state index contributed by atoms with van der Waals surface area (Å²) in [6, 6.07) is 5.27. The van der Waals surface area contributed by atoms with Crippen LogP contribution in [-0.4, -0.2) is 84.4 Å². The average molecular weight is 388 g/mol. The third-order valence-electron chi connectivity index (χ3n) is 5.76. The summed E-state index contributed by atoms with van der Waals surface area (Å²) in [4.78, 5) is 19.7. The number of rotatable bonds is 3. The van der Waals surface area contributed by atoms with Crippen molar-refractivity contribution in [1.29, 1.82) is 0 Å². The molecule has 4 atom stereocenters. The molecule has 0 aliphatic carbocycles. The van der Waals surface area contributed by atoms with Gasteiger partial charge in [0.05, 0.1) is 43.5 Å². The third kappa shape index (κ3) is 2.95. The van der Waals surface area contributed by atoms with Crippen LogP contribution in [-0.2, 0) is 21.3 Å². The molecule has 3 aliphatic heterocycles. The van der Waals surface area contributed by atoms with Crippen LogP contribution in [0.1, 0.15) is 10.4 Å². The molecule has 9 heteroatoms. The number of aromatic nitrogens is 2. The van der Waals surface area contributed by atoms with E-state index in [-0.39, 0.29) is 30.8 Å². The first-order chi connectivity index (χ1) is 13.6. The predicted molar refractivity (Wildman–Crippen MR) is 100 cm³/mol. The van der Waals surface area contributed by atoms with E-state index in [2.05, 4.69) is 10.2 Å². The molecule has 2 N–H and O–H groups in total. The fraction of sp³-hybridized carbons (Fsp3) is 0.579. The van der Waals surface area contributed by atoms with Gasteiger partial charge in [0.15, 0.2) is 0 Å². The van der Waals surface area contributed by atoms with Gasteiger partial charge in [0, 0.05) is 25.7 Å². The number of fused-ring (bicyclic) bond motifs is 2. The number of carbonyl (C=O) groups is 1. The molecule has 0 unspecified atom stereocenters. The molecule has 150 valence electrons. The fourth-order valence-corrected chi connectivity index (χ4v) is 4.23. The first kappa shape index (κ1) is 17.9. The number of morpholine rings is 1. The van der Waals surface area contributed by atoms with Crippen LogP contribution in [0.3, 0.4) is 0 Å². The molecule has 0 radical (unpaired) electrons. The van der Waals surface area contributed by atoms with Gasteiger partial charge in [-0.3, -0.25) is 4.79 Å². The molecule has 1 aromatic heterocycles. The number of carbonyl (C=O) groups excluding carboxylic acids is 1. The van der Waals surface area contributed by atoms with Crippen molar-refractivity contribution in [3.05, 3.63) is 23.8 Å². The van der Waals surface area contributed by atoms with Crippen LogP contribution in [0.4, 0.5) is 5.95 Å². The highest BCUT2D eigenvalue weighted by Gasteiger charge is 2.47. The Hall–Kier alpha value is -2.20. The second-order valence-electron chi connectivity index (χ2n) is 7.52. The van der Waals surface area contributed by atoms with Crippen LogP contribution in [0, 0.1) is 0 Å². The number of anilines is 1. The number of nitrogens with one attached hydrogen (secondary N) is 1. The molecule has 5 rings (SSSR count). The Morgan fingerprint density at radius 3 is 2.82 bits per heavy atom. The molecule has 3 saturated heterocycles. The van der Waals surface area contributed by atoms with Crippen LogP contribution in [0.25, 0.3) is 11.0 Å². The van der Waals surface area contributed by atoms with Crippen molar-refractivity contribution in [2.24, 2.45) is 7.05 Å². The van der Waals surface area contributed by atoms with Crippen molar-refractivity contribution in [3.8, 4) is 0 Å². The number of hydrogen-bond acceptors (Lipinski definition) is 7. The lowest BCUT2D eigenvalue weighted by Crippen LogP contribution is -2.44. The van der Waals surface area contributed by atoms with E-state index in [4.69, 9.17) is 19.2 Å². The maximum Gasteiger partial charge on any atom is 0.251 e. The lowest BCUT2D eigenvalue weighted by Gasteiger charge is -2.27. The minimum atomic E-state index is -0.629. The lowest BCUT2D eigenvalue weighted by molar-refractivity contribution is 0.0178. The summed E-state index contributed by atoms with van der Waals surface area (Å²) in [6.45, 7) is 3.58. The van der Waals surface area contributed by atoms with Crippen molar-refractivity contribution in [2.75, 3.05) is 44.4 Å². The number of imidazole rings is 1. The third-order valence-corrected chi connectivity index (χ3v) is 5.76. The number of benzene rings is 1. The van der Waals surface area contributed by atoms with E-state index in [0.717, 1.165) is 30.1 Å². The minimum absolute atomic E-state index is 0.195. The molecule has 1 amide bonds. The van der Waals surface area contributed by atoms with Crippen LogP contribution < -0.4 is 10.2 Å². The number of aliphatic hydroxyl groups excluding tert-OH is 1. The molecule has 3 fully saturated rings. The average Bonchev–Trinajstić information content (AvgIpc) is 3.38. The first-order valence-corrected chi connectivity index (χ1v) is 9.63. The Balaban J connectivity index is 1.35. The Kier molecular flexibility index (Phi) is 4.47. The summed E-state index contributed by atoms with van der Waals surface area (Å²) in [5.74, 6) is 0.691. The SMILES string of the molecule is Cn1c(N2CCOCC2)nc2cc(C(=O)N[C@@H]3CO[C@H]4[C@@H]3OC[C@H]4O)ccc21. The van der Waals surface area contributed by atoms with Gasteiger partial charge < -0.3 is 34.1 Å². The smallest absolute Gasteiger partial charge is 0.251 e. The summed E-state index contributed by atoms with van der Waals surface area (Å²) in [5.41, 5.74) is 2.30. The van der Waals surface area contributed by atoms with Gasteiger partial charge in [0.1, 0.15) is 18.3 Å². The Morgan fingerprint density at radius 1 is 1.21 bits per heavy atom. The lowest BCUT2D eigenvalue weighted by atomic mass is 10.1. The number of hydrogen-bond donors (Lipinski definition) is 2.